The summed E-state index contributed by atoms with van der Waals surface area (Å²) in [5.41, 5.74) is -3.75. The lowest BCUT2D eigenvalue weighted by Gasteiger charge is -2.24. The number of nitrogens with zero attached hydrogens (tertiary/aromatic N) is 2. The third kappa shape index (κ3) is 6.15. The molecule has 0 heterocycles. The standard InChI is InChI=1S/C22H20Cl2FN3O6/c1-3-12(2)34-21(33)22(20(31)32,26-18(29)11-23)28-27-17-9-8-13(24)10-15(17)19(30)14-6-4-5-7-16(14)25/h4-10,12H,3,11H2,1-2H3,(H,26,29)(H,31,32). The number of amides is 1. The van der Waals surface area contributed by atoms with Gasteiger partial charge in [0.1, 0.15) is 11.7 Å². The van der Waals surface area contributed by atoms with Crippen molar-refractivity contribution < 1.29 is 33.4 Å². The Morgan fingerprint density at radius 1 is 1.18 bits per heavy atom. The normalized spacial score (nSPS) is 13.7. The third-order valence-electron chi connectivity index (χ3n) is 4.56. The Hall–Kier alpha value is -3.37. The molecule has 0 aliphatic carbocycles. The Kier molecular flexibility index (Phi) is 9.22. The van der Waals surface area contributed by atoms with E-state index in [1.165, 1.54) is 43.3 Å². The Morgan fingerprint density at radius 3 is 2.44 bits per heavy atom. The van der Waals surface area contributed by atoms with Crippen LogP contribution in [0.15, 0.2) is 52.7 Å². The Bertz CT molecular complexity index is 1140. The number of ketones is 1. The van der Waals surface area contributed by atoms with Crippen LogP contribution in [-0.2, 0) is 19.1 Å². The van der Waals surface area contributed by atoms with E-state index >= 15 is 0 Å². The monoisotopic (exact) mass is 511 g/mol. The van der Waals surface area contributed by atoms with E-state index in [0.717, 1.165) is 6.07 Å². The van der Waals surface area contributed by atoms with Crippen molar-refractivity contribution in [3.05, 3.63) is 64.4 Å². The second kappa shape index (κ2) is 11.7. The molecule has 0 aliphatic rings. The van der Waals surface area contributed by atoms with Gasteiger partial charge in [0.25, 0.3) is 0 Å². The maximum absolute atomic E-state index is 14.2. The number of carboxylic acid groups (broad SMARTS) is 1. The van der Waals surface area contributed by atoms with Gasteiger partial charge >= 0.3 is 17.6 Å². The van der Waals surface area contributed by atoms with Crippen molar-refractivity contribution >= 4 is 52.5 Å². The largest absolute Gasteiger partial charge is 0.478 e. The van der Waals surface area contributed by atoms with Crippen LogP contribution >= 0.6 is 23.2 Å². The molecule has 12 heteroatoms. The zero-order chi connectivity index (χ0) is 25.5. The quantitative estimate of drug-likeness (QED) is 0.161. The Morgan fingerprint density at radius 2 is 1.85 bits per heavy atom. The smallest absolute Gasteiger partial charge is 0.369 e. The first-order valence-corrected chi connectivity index (χ1v) is 10.8. The maximum Gasteiger partial charge on any atom is 0.369 e. The minimum Gasteiger partial charge on any atom is -0.478 e. The van der Waals surface area contributed by atoms with E-state index in [4.69, 9.17) is 27.9 Å². The van der Waals surface area contributed by atoms with Crippen LogP contribution in [0.25, 0.3) is 0 Å². The van der Waals surface area contributed by atoms with Gasteiger partial charge in [-0.2, -0.15) is 5.11 Å². The fourth-order valence-corrected chi connectivity index (χ4v) is 2.82. The van der Waals surface area contributed by atoms with Crippen molar-refractivity contribution in [1.82, 2.24) is 5.32 Å². The van der Waals surface area contributed by atoms with E-state index in [-0.39, 0.29) is 21.8 Å². The number of aliphatic carboxylic acids is 1. The highest BCUT2D eigenvalue weighted by Crippen LogP contribution is 2.28. The van der Waals surface area contributed by atoms with E-state index in [2.05, 4.69) is 10.2 Å². The fraction of sp³-hybridized carbons (Fsp3) is 0.273. The van der Waals surface area contributed by atoms with Gasteiger partial charge in [-0.15, -0.1) is 16.7 Å². The fourth-order valence-electron chi connectivity index (χ4n) is 2.58. The number of azo groups is 1. The summed E-state index contributed by atoms with van der Waals surface area (Å²) in [5, 5.41) is 19.1. The molecule has 180 valence electrons. The van der Waals surface area contributed by atoms with Gasteiger partial charge in [0.2, 0.25) is 5.91 Å². The number of rotatable bonds is 10. The number of esters is 1. The lowest BCUT2D eigenvalue weighted by Crippen LogP contribution is -2.60. The average Bonchev–Trinajstić information content (AvgIpc) is 2.81. The van der Waals surface area contributed by atoms with E-state index in [1.54, 1.807) is 6.92 Å². The molecule has 0 fully saturated rings. The molecule has 2 rings (SSSR count). The summed E-state index contributed by atoms with van der Waals surface area (Å²) in [7, 11) is 0. The molecule has 0 saturated heterocycles. The van der Waals surface area contributed by atoms with Gasteiger partial charge < -0.3 is 15.2 Å². The van der Waals surface area contributed by atoms with Crippen molar-refractivity contribution in [1.29, 1.82) is 0 Å². The lowest BCUT2D eigenvalue weighted by atomic mass is 10.0. The topological polar surface area (TPSA) is 134 Å². The number of carbonyl (C=O) groups excluding carboxylic acids is 3. The molecule has 0 bridgehead atoms. The Balaban J connectivity index is 2.61. The molecule has 0 saturated carbocycles. The molecule has 2 N–H and O–H groups in total. The van der Waals surface area contributed by atoms with Crippen LogP contribution in [0.5, 0.6) is 0 Å². The molecule has 1 amide bonds. The van der Waals surface area contributed by atoms with Crippen molar-refractivity contribution in [3.63, 3.8) is 0 Å². The number of hydrogen-bond donors (Lipinski definition) is 2. The third-order valence-corrected chi connectivity index (χ3v) is 5.04. The van der Waals surface area contributed by atoms with Gasteiger partial charge in [0.15, 0.2) is 5.78 Å². The number of alkyl halides is 1. The molecular formula is C22H20Cl2FN3O6. The summed E-state index contributed by atoms with van der Waals surface area (Å²) in [6.07, 6.45) is -0.358. The number of ether oxygens (including phenoxy) is 1. The summed E-state index contributed by atoms with van der Waals surface area (Å²) in [6, 6.07) is 8.90. The molecule has 2 aromatic rings. The minimum atomic E-state index is -2.99. The van der Waals surface area contributed by atoms with E-state index < -0.39 is 47.1 Å². The summed E-state index contributed by atoms with van der Waals surface area (Å²) < 4.78 is 19.2. The number of halogens is 3. The van der Waals surface area contributed by atoms with Crippen LogP contribution in [0.1, 0.15) is 36.2 Å². The summed E-state index contributed by atoms with van der Waals surface area (Å²) in [4.78, 5) is 49.7. The Labute approximate surface area is 203 Å². The van der Waals surface area contributed by atoms with Crippen molar-refractivity contribution in [2.45, 2.75) is 32.0 Å². The van der Waals surface area contributed by atoms with Crippen LogP contribution in [0.3, 0.4) is 0 Å². The van der Waals surface area contributed by atoms with Crippen molar-refractivity contribution in [2.24, 2.45) is 10.2 Å². The zero-order valence-electron chi connectivity index (χ0n) is 18.0. The number of hydrogen-bond acceptors (Lipinski definition) is 7. The summed E-state index contributed by atoms with van der Waals surface area (Å²) in [6.45, 7) is 3.20. The molecule has 2 aromatic carbocycles. The first kappa shape index (κ1) is 26.9. The van der Waals surface area contributed by atoms with Gasteiger partial charge in [-0.25, -0.2) is 14.0 Å². The van der Waals surface area contributed by atoms with Crippen LogP contribution in [0.4, 0.5) is 10.1 Å². The zero-order valence-corrected chi connectivity index (χ0v) is 19.6. The lowest BCUT2D eigenvalue weighted by molar-refractivity contribution is -0.168. The number of carbonyl (C=O) groups is 4. The molecule has 0 spiro atoms. The van der Waals surface area contributed by atoms with E-state index in [1.807, 2.05) is 5.32 Å². The second-order valence-electron chi connectivity index (χ2n) is 6.99. The molecular weight excluding hydrogens is 492 g/mol. The van der Waals surface area contributed by atoms with Crippen LogP contribution in [-0.4, -0.2) is 46.4 Å². The molecule has 0 radical (unpaired) electrons. The van der Waals surface area contributed by atoms with Gasteiger partial charge in [0, 0.05) is 5.02 Å². The van der Waals surface area contributed by atoms with Crippen molar-refractivity contribution in [2.75, 3.05) is 5.88 Å². The number of benzene rings is 2. The molecule has 0 aromatic heterocycles. The van der Waals surface area contributed by atoms with E-state index in [0.29, 0.717) is 6.42 Å². The van der Waals surface area contributed by atoms with Crippen LogP contribution in [0.2, 0.25) is 5.02 Å². The predicted molar refractivity (Wildman–Crippen MR) is 121 cm³/mol. The molecule has 34 heavy (non-hydrogen) atoms. The van der Waals surface area contributed by atoms with Gasteiger partial charge in [-0.3, -0.25) is 9.59 Å². The number of carboxylic acids is 1. The molecule has 0 aliphatic heterocycles. The van der Waals surface area contributed by atoms with E-state index in [9.17, 15) is 28.7 Å². The van der Waals surface area contributed by atoms with Gasteiger partial charge in [-0.05, 0) is 43.7 Å². The maximum atomic E-state index is 14.2. The first-order chi connectivity index (χ1) is 16.0. The SMILES string of the molecule is CCC(C)OC(=O)C(N=Nc1ccc(Cl)cc1C(=O)c1ccccc1F)(NC(=O)CCl)C(=O)O. The minimum absolute atomic E-state index is 0.106. The van der Waals surface area contributed by atoms with Crippen molar-refractivity contribution in [3.8, 4) is 0 Å². The highest BCUT2D eigenvalue weighted by atomic mass is 35.5. The second-order valence-corrected chi connectivity index (χ2v) is 7.70. The summed E-state index contributed by atoms with van der Waals surface area (Å²) >= 11 is 11.4. The van der Waals surface area contributed by atoms with Gasteiger partial charge in [-0.1, -0.05) is 30.7 Å². The highest BCUT2D eigenvalue weighted by Gasteiger charge is 2.51. The predicted octanol–water partition coefficient (Wildman–Crippen LogP) is 4.27. The molecule has 2 atom stereocenters. The van der Waals surface area contributed by atoms with Crippen LogP contribution in [0, 0.1) is 5.82 Å². The summed E-state index contributed by atoms with van der Waals surface area (Å²) in [5.74, 6) is -6.67. The highest BCUT2D eigenvalue weighted by molar-refractivity contribution is 6.31. The average molecular weight is 512 g/mol. The number of nitrogens with one attached hydrogen (secondary N) is 1. The molecule has 2 unspecified atom stereocenters. The first-order valence-electron chi connectivity index (χ1n) is 9.88. The van der Waals surface area contributed by atoms with Gasteiger partial charge in [0.05, 0.1) is 22.9 Å². The molecule has 9 nitrogen and oxygen atoms in total. The van der Waals surface area contributed by atoms with Crippen LogP contribution < -0.4 is 5.32 Å².